The van der Waals surface area contributed by atoms with Crippen molar-refractivity contribution in [1.29, 1.82) is 0 Å². The van der Waals surface area contributed by atoms with Crippen molar-refractivity contribution in [3.63, 3.8) is 0 Å². The fraction of sp³-hybridized carbons (Fsp3) is 0.353. The van der Waals surface area contributed by atoms with Gasteiger partial charge in [0, 0.05) is 16.6 Å². The highest BCUT2D eigenvalue weighted by Gasteiger charge is 2.16. The normalized spacial score (nSPS) is 14.2. The van der Waals surface area contributed by atoms with Gasteiger partial charge in [0.25, 0.3) is 11.8 Å². The molecule has 2 aromatic rings. The molecular weight excluding hydrogens is 346 g/mol. The molecule has 5 nitrogen and oxygen atoms in total. The molecule has 0 spiro atoms. The fourth-order valence-corrected chi connectivity index (χ4v) is 4.07. The Morgan fingerprint density at radius 1 is 1.04 bits per heavy atom. The molecule has 2 heterocycles. The molecule has 0 radical (unpaired) electrons. The average molecular weight is 364 g/mol. The zero-order valence-electron chi connectivity index (χ0n) is 13.1. The Labute approximate surface area is 149 Å². The van der Waals surface area contributed by atoms with Gasteiger partial charge < -0.3 is 0 Å². The van der Waals surface area contributed by atoms with Crippen LogP contribution in [0.25, 0.3) is 0 Å². The summed E-state index contributed by atoms with van der Waals surface area (Å²) >= 11 is 7.28. The number of rotatable bonds is 2. The van der Waals surface area contributed by atoms with E-state index in [4.69, 9.17) is 11.6 Å². The van der Waals surface area contributed by atoms with Crippen LogP contribution in [0.5, 0.6) is 0 Å². The molecule has 0 fully saturated rings. The Balaban J connectivity index is 1.63. The van der Waals surface area contributed by atoms with E-state index in [0.29, 0.717) is 10.4 Å². The van der Waals surface area contributed by atoms with Gasteiger partial charge in [0.05, 0.1) is 4.88 Å². The molecule has 126 valence electrons. The summed E-state index contributed by atoms with van der Waals surface area (Å²) in [6.07, 6.45) is 8.36. The van der Waals surface area contributed by atoms with Crippen LogP contribution in [0.2, 0.25) is 5.15 Å². The van der Waals surface area contributed by atoms with E-state index in [9.17, 15) is 9.59 Å². The average Bonchev–Trinajstić information content (AvgIpc) is 2.94. The number of nitrogens with zero attached hydrogens (tertiary/aromatic N) is 1. The van der Waals surface area contributed by atoms with E-state index >= 15 is 0 Å². The van der Waals surface area contributed by atoms with E-state index in [1.54, 1.807) is 0 Å². The fourth-order valence-electron chi connectivity index (χ4n) is 2.75. The van der Waals surface area contributed by atoms with Crippen molar-refractivity contribution in [3.8, 4) is 0 Å². The molecule has 2 aromatic heterocycles. The van der Waals surface area contributed by atoms with Crippen LogP contribution in [-0.2, 0) is 12.8 Å². The first-order chi connectivity index (χ1) is 11.6. The number of amides is 2. The minimum absolute atomic E-state index is 0.229. The van der Waals surface area contributed by atoms with E-state index in [1.165, 1.54) is 65.8 Å². The predicted molar refractivity (Wildman–Crippen MR) is 94.4 cm³/mol. The van der Waals surface area contributed by atoms with Gasteiger partial charge >= 0.3 is 0 Å². The Kier molecular flexibility index (Phi) is 5.48. The third-order valence-electron chi connectivity index (χ3n) is 4.00. The van der Waals surface area contributed by atoms with Crippen LogP contribution in [0.1, 0.15) is 56.2 Å². The number of carbonyl (C=O) groups is 2. The maximum Gasteiger partial charge on any atom is 0.279 e. The van der Waals surface area contributed by atoms with Crippen LogP contribution >= 0.6 is 22.9 Å². The molecular formula is C17H18ClN3O2S. The van der Waals surface area contributed by atoms with E-state index in [1.807, 2.05) is 6.07 Å². The first-order valence-electron chi connectivity index (χ1n) is 7.97. The minimum atomic E-state index is -0.428. The standard InChI is InChI=1S/C17H18ClN3O2S/c18-15-10-12(7-8-19-15)16(22)20-21-17(23)14-9-11-5-3-1-2-4-6-13(11)24-14/h7-10H,1-6H2,(H,20,22)(H,21,23). The van der Waals surface area contributed by atoms with E-state index in [-0.39, 0.29) is 11.1 Å². The number of hydrazine groups is 1. The minimum Gasteiger partial charge on any atom is -0.267 e. The molecule has 7 heteroatoms. The quantitative estimate of drug-likeness (QED) is 0.633. The molecule has 0 bridgehead atoms. The zero-order valence-corrected chi connectivity index (χ0v) is 14.7. The van der Waals surface area contributed by atoms with Gasteiger partial charge in [-0.1, -0.05) is 24.4 Å². The summed E-state index contributed by atoms with van der Waals surface area (Å²) in [6.45, 7) is 0. The molecule has 2 amide bonds. The number of fused-ring (bicyclic) bond motifs is 1. The Bertz CT molecular complexity index is 735. The molecule has 2 N–H and O–H groups in total. The Morgan fingerprint density at radius 2 is 1.79 bits per heavy atom. The highest BCUT2D eigenvalue weighted by atomic mass is 35.5. The molecule has 0 aromatic carbocycles. The zero-order chi connectivity index (χ0) is 16.9. The maximum atomic E-state index is 12.3. The SMILES string of the molecule is O=C(NNC(=O)c1cc2c(s1)CCCCCC2)c1ccnc(Cl)c1. The van der Waals surface area contributed by atoms with E-state index < -0.39 is 5.91 Å². The first kappa shape index (κ1) is 16.9. The molecule has 0 unspecified atom stereocenters. The van der Waals surface area contributed by atoms with Gasteiger partial charge in [-0.05, 0) is 49.4 Å². The van der Waals surface area contributed by atoms with Gasteiger partial charge in [-0.15, -0.1) is 11.3 Å². The molecule has 1 aliphatic rings. The molecule has 0 aliphatic heterocycles. The third kappa shape index (κ3) is 4.13. The number of pyridine rings is 1. The lowest BCUT2D eigenvalue weighted by Crippen LogP contribution is -2.41. The number of nitrogens with one attached hydrogen (secondary N) is 2. The van der Waals surface area contributed by atoms with E-state index in [0.717, 1.165) is 12.8 Å². The van der Waals surface area contributed by atoms with Crippen LogP contribution in [0.3, 0.4) is 0 Å². The lowest BCUT2D eigenvalue weighted by Gasteiger charge is -2.07. The van der Waals surface area contributed by atoms with Gasteiger partial charge in [0.2, 0.25) is 0 Å². The number of halogens is 1. The van der Waals surface area contributed by atoms with Gasteiger partial charge in [-0.2, -0.15) is 0 Å². The molecule has 0 saturated carbocycles. The summed E-state index contributed by atoms with van der Waals surface area (Å²) in [5.41, 5.74) is 6.49. The topological polar surface area (TPSA) is 71.1 Å². The summed E-state index contributed by atoms with van der Waals surface area (Å²) in [4.78, 5) is 30.0. The van der Waals surface area contributed by atoms with Crippen molar-refractivity contribution in [2.45, 2.75) is 38.5 Å². The summed E-state index contributed by atoms with van der Waals surface area (Å²) in [5.74, 6) is -0.720. The lowest BCUT2D eigenvalue weighted by atomic mass is 10.00. The summed E-state index contributed by atoms with van der Waals surface area (Å²) < 4.78 is 0. The van der Waals surface area contributed by atoms with Crippen LogP contribution in [-0.4, -0.2) is 16.8 Å². The molecule has 0 saturated heterocycles. The van der Waals surface area contributed by atoms with Crippen molar-refractivity contribution in [1.82, 2.24) is 15.8 Å². The molecule has 24 heavy (non-hydrogen) atoms. The van der Waals surface area contributed by atoms with Crippen molar-refractivity contribution in [2.24, 2.45) is 0 Å². The summed E-state index contributed by atoms with van der Waals surface area (Å²) in [6, 6.07) is 4.93. The van der Waals surface area contributed by atoms with Gasteiger partial charge in [0.15, 0.2) is 0 Å². The van der Waals surface area contributed by atoms with Crippen molar-refractivity contribution in [3.05, 3.63) is 50.4 Å². The van der Waals surface area contributed by atoms with Gasteiger partial charge in [-0.3, -0.25) is 20.4 Å². The number of hydrogen-bond acceptors (Lipinski definition) is 4. The Morgan fingerprint density at radius 3 is 2.58 bits per heavy atom. The Hall–Kier alpha value is -1.92. The monoisotopic (exact) mass is 363 g/mol. The van der Waals surface area contributed by atoms with Gasteiger partial charge in [0.1, 0.15) is 5.15 Å². The lowest BCUT2D eigenvalue weighted by molar-refractivity contribution is 0.0849. The second-order valence-corrected chi connectivity index (χ2v) is 7.27. The van der Waals surface area contributed by atoms with E-state index in [2.05, 4.69) is 15.8 Å². The van der Waals surface area contributed by atoms with Crippen molar-refractivity contribution in [2.75, 3.05) is 0 Å². The summed E-state index contributed by atoms with van der Waals surface area (Å²) in [7, 11) is 0. The molecule has 0 atom stereocenters. The second kappa shape index (κ2) is 7.77. The largest absolute Gasteiger partial charge is 0.279 e. The second-order valence-electron chi connectivity index (χ2n) is 5.75. The van der Waals surface area contributed by atoms with Crippen LogP contribution < -0.4 is 10.9 Å². The third-order valence-corrected chi connectivity index (χ3v) is 5.44. The van der Waals surface area contributed by atoms with Crippen molar-refractivity contribution < 1.29 is 9.59 Å². The van der Waals surface area contributed by atoms with Crippen LogP contribution in [0.15, 0.2) is 24.4 Å². The number of carbonyl (C=O) groups excluding carboxylic acids is 2. The molecule has 1 aliphatic carbocycles. The highest BCUT2D eigenvalue weighted by Crippen LogP contribution is 2.28. The number of aryl methyl sites for hydroxylation is 2. The number of aromatic nitrogens is 1. The highest BCUT2D eigenvalue weighted by molar-refractivity contribution is 7.14. The van der Waals surface area contributed by atoms with Crippen molar-refractivity contribution >= 4 is 34.8 Å². The smallest absolute Gasteiger partial charge is 0.267 e. The maximum absolute atomic E-state index is 12.3. The first-order valence-corrected chi connectivity index (χ1v) is 9.17. The predicted octanol–water partition coefficient (Wildman–Crippen LogP) is 3.53. The number of hydrogen-bond donors (Lipinski definition) is 2. The number of thiophene rings is 1. The summed E-state index contributed by atoms with van der Waals surface area (Å²) in [5, 5.41) is 0.229. The molecule has 3 rings (SSSR count). The van der Waals surface area contributed by atoms with Gasteiger partial charge in [-0.25, -0.2) is 4.98 Å². The van der Waals surface area contributed by atoms with Crippen LogP contribution in [0.4, 0.5) is 0 Å². The van der Waals surface area contributed by atoms with Crippen LogP contribution in [0, 0.1) is 0 Å².